The lowest BCUT2D eigenvalue weighted by Crippen LogP contribution is -2.47. The number of carbonyl (C=O) groups excluding carboxylic acids is 1. The molecule has 0 bridgehead atoms. The minimum absolute atomic E-state index is 0.133. The third-order valence-electron chi connectivity index (χ3n) is 3.12. The highest BCUT2D eigenvalue weighted by molar-refractivity contribution is 5.99. The second-order valence-corrected chi connectivity index (χ2v) is 4.34. The van der Waals surface area contributed by atoms with Crippen molar-refractivity contribution in [2.75, 3.05) is 38.7 Å². The summed E-state index contributed by atoms with van der Waals surface area (Å²) < 4.78 is 18.9. The van der Waals surface area contributed by atoms with E-state index in [9.17, 15) is 9.18 Å². The number of hydrogen-bond donors (Lipinski definition) is 2. The van der Waals surface area contributed by atoms with Gasteiger partial charge in [-0.2, -0.15) is 0 Å². The maximum absolute atomic E-state index is 13.6. The lowest BCUT2D eigenvalue weighted by molar-refractivity contribution is -0.0447. The summed E-state index contributed by atoms with van der Waals surface area (Å²) in [5, 5.41) is 11.8. The molecule has 1 fully saturated rings. The summed E-state index contributed by atoms with van der Waals surface area (Å²) in [7, 11) is 1.57. The number of amides is 1. The molecular weight excluding hydrogens is 251 g/mol. The van der Waals surface area contributed by atoms with E-state index < -0.39 is 5.82 Å². The third-order valence-corrected chi connectivity index (χ3v) is 3.12. The molecule has 19 heavy (non-hydrogen) atoms. The van der Waals surface area contributed by atoms with Crippen molar-refractivity contribution in [3.8, 4) is 0 Å². The maximum Gasteiger partial charge on any atom is 0.256 e. The summed E-state index contributed by atoms with van der Waals surface area (Å²) in [4.78, 5) is 13.9. The predicted molar refractivity (Wildman–Crippen MR) is 68.7 cm³/mol. The predicted octanol–water partition coefficient (Wildman–Crippen LogP) is 0.701. The van der Waals surface area contributed by atoms with Crippen LogP contribution in [0.3, 0.4) is 0 Å². The fraction of sp³-hybridized carbons (Fsp3) is 0.462. The van der Waals surface area contributed by atoms with Gasteiger partial charge in [0.15, 0.2) is 0 Å². The van der Waals surface area contributed by atoms with Gasteiger partial charge in [-0.15, -0.1) is 0 Å². The quantitative estimate of drug-likeness (QED) is 0.847. The zero-order valence-electron chi connectivity index (χ0n) is 10.7. The number of anilines is 1. The second kappa shape index (κ2) is 5.99. The summed E-state index contributed by atoms with van der Waals surface area (Å²) in [6, 6.07) is 4.40. The van der Waals surface area contributed by atoms with Crippen molar-refractivity contribution in [2.24, 2.45) is 0 Å². The van der Waals surface area contributed by atoms with Gasteiger partial charge in [0.1, 0.15) is 5.82 Å². The smallest absolute Gasteiger partial charge is 0.256 e. The van der Waals surface area contributed by atoms with Crippen LogP contribution in [0.2, 0.25) is 0 Å². The molecule has 104 valence electrons. The number of nitrogens with zero attached hydrogens (tertiary/aromatic N) is 1. The molecule has 0 aromatic heterocycles. The van der Waals surface area contributed by atoms with Gasteiger partial charge in [0.25, 0.3) is 5.91 Å². The number of hydrogen-bond acceptors (Lipinski definition) is 4. The van der Waals surface area contributed by atoms with E-state index >= 15 is 0 Å². The molecule has 1 aromatic carbocycles. The van der Waals surface area contributed by atoms with E-state index in [-0.39, 0.29) is 24.3 Å². The summed E-state index contributed by atoms with van der Waals surface area (Å²) in [5.41, 5.74) is 0.487. The van der Waals surface area contributed by atoms with E-state index in [2.05, 4.69) is 5.32 Å². The van der Waals surface area contributed by atoms with Gasteiger partial charge in [-0.05, 0) is 12.1 Å². The molecule has 1 atom stereocenters. The lowest BCUT2D eigenvalue weighted by atomic mass is 10.1. The molecular formula is C13H17FN2O3. The first kappa shape index (κ1) is 13.8. The van der Waals surface area contributed by atoms with E-state index in [1.54, 1.807) is 18.0 Å². The van der Waals surface area contributed by atoms with Gasteiger partial charge < -0.3 is 20.1 Å². The zero-order chi connectivity index (χ0) is 13.8. The number of aliphatic hydroxyl groups is 1. The molecule has 0 spiro atoms. The molecule has 5 nitrogen and oxygen atoms in total. The minimum Gasteiger partial charge on any atom is -0.394 e. The normalized spacial score (nSPS) is 19.3. The molecule has 0 saturated carbocycles. The van der Waals surface area contributed by atoms with Crippen molar-refractivity contribution in [1.29, 1.82) is 0 Å². The average Bonchev–Trinajstić information content (AvgIpc) is 2.46. The van der Waals surface area contributed by atoms with Gasteiger partial charge in [0.05, 0.1) is 30.6 Å². The second-order valence-electron chi connectivity index (χ2n) is 4.34. The Morgan fingerprint density at radius 1 is 1.63 bits per heavy atom. The third kappa shape index (κ3) is 2.85. The Morgan fingerprint density at radius 2 is 2.42 bits per heavy atom. The Hall–Kier alpha value is -1.66. The van der Waals surface area contributed by atoms with Gasteiger partial charge in [-0.25, -0.2) is 4.39 Å². The molecule has 0 radical (unpaired) electrons. The first-order chi connectivity index (χ1) is 9.17. The highest BCUT2D eigenvalue weighted by Gasteiger charge is 2.26. The first-order valence-corrected chi connectivity index (χ1v) is 6.15. The van der Waals surface area contributed by atoms with Gasteiger partial charge in [-0.3, -0.25) is 4.79 Å². The van der Waals surface area contributed by atoms with Crippen molar-refractivity contribution >= 4 is 11.6 Å². The molecule has 1 heterocycles. The number of halogens is 1. The number of benzene rings is 1. The molecule has 1 amide bonds. The van der Waals surface area contributed by atoms with Gasteiger partial charge >= 0.3 is 0 Å². The summed E-state index contributed by atoms with van der Waals surface area (Å²) in [6.07, 6.45) is -0.371. The Kier molecular flexibility index (Phi) is 4.34. The molecule has 1 unspecified atom stereocenters. The van der Waals surface area contributed by atoms with Gasteiger partial charge in [0.2, 0.25) is 0 Å². The standard InChI is InChI=1S/C13H17FN2O3/c1-15-12-10(3-2-4-11(12)14)13(18)16-5-6-19-9(7-16)8-17/h2-4,9,15,17H,5-8H2,1H3. The highest BCUT2D eigenvalue weighted by atomic mass is 19.1. The van der Waals surface area contributed by atoms with Crippen LogP contribution >= 0.6 is 0 Å². The fourth-order valence-corrected chi connectivity index (χ4v) is 2.14. The van der Waals surface area contributed by atoms with E-state index in [4.69, 9.17) is 9.84 Å². The molecule has 6 heteroatoms. The van der Waals surface area contributed by atoms with Crippen LogP contribution in [0.25, 0.3) is 0 Å². The van der Waals surface area contributed by atoms with Crippen LogP contribution in [0.1, 0.15) is 10.4 Å². The van der Waals surface area contributed by atoms with E-state index in [0.717, 1.165) is 0 Å². The maximum atomic E-state index is 13.6. The Labute approximate surface area is 111 Å². The Bertz CT molecular complexity index is 467. The molecule has 1 aliphatic heterocycles. The molecule has 1 saturated heterocycles. The molecule has 2 rings (SSSR count). The van der Waals surface area contributed by atoms with Crippen LogP contribution in [-0.4, -0.2) is 55.4 Å². The van der Waals surface area contributed by atoms with Crippen LogP contribution < -0.4 is 5.32 Å². The summed E-state index contributed by atoms with van der Waals surface area (Å²) >= 11 is 0. The van der Waals surface area contributed by atoms with E-state index in [1.165, 1.54) is 12.1 Å². The van der Waals surface area contributed by atoms with E-state index in [0.29, 0.717) is 25.3 Å². The zero-order valence-corrected chi connectivity index (χ0v) is 10.7. The molecule has 1 aliphatic rings. The molecule has 1 aromatic rings. The number of aliphatic hydroxyl groups excluding tert-OH is 1. The van der Waals surface area contributed by atoms with Crippen molar-refractivity contribution in [1.82, 2.24) is 4.90 Å². The average molecular weight is 268 g/mol. The number of rotatable bonds is 3. The minimum atomic E-state index is -0.458. The topological polar surface area (TPSA) is 61.8 Å². The van der Waals surface area contributed by atoms with Gasteiger partial charge in [0, 0.05) is 20.1 Å². The first-order valence-electron chi connectivity index (χ1n) is 6.15. The number of para-hydroxylation sites is 1. The largest absolute Gasteiger partial charge is 0.394 e. The number of carbonyl (C=O) groups is 1. The van der Waals surface area contributed by atoms with Crippen molar-refractivity contribution in [2.45, 2.75) is 6.10 Å². The van der Waals surface area contributed by atoms with Crippen LogP contribution in [0.5, 0.6) is 0 Å². The highest BCUT2D eigenvalue weighted by Crippen LogP contribution is 2.21. The number of nitrogens with one attached hydrogen (secondary N) is 1. The van der Waals surface area contributed by atoms with Crippen molar-refractivity contribution in [3.63, 3.8) is 0 Å². The molecule has 2 N–H and O–H groups in total. The van der Waals surface area contributed by atoms with Crippen LogP contribution in [0, 0.1) is 5.82 Å². The van der Waals surface area contributed by atoms with Crippen LogP contribution in [0.15, 0.2) is 18.2 Å². The Morgan fingerprint density at radius 3 is 3.11 bits per heavy atom. The lowest BCUT2D eigenvalue weighted by Gasteiger charge is -2.32. The number of ether oxygens (including phenoxy) is 1. The number of morpholine rings is 1. The van der Waals surface area contributed by atoms with E-state index in [1.807, 2.05) is 0 Å². The summed E-state index contributed by atoms with van der Waals surface area (Å²) in [6.45, 7) is 0.997. The monoisotopic (exact) mass is 268 g/mol. The Balaban J connectivity index is 2.22. The fourth-order valence-electron chi connectivity index (χ4n) is 2.14. The van der Waals surface area contributed by atoms with Crippen LogP contribution in [0.4, 0.5) is 10.1 Å². The summed E-state index contributed by atoms with van der Waals surface area (Å²) in [5.74, 6) is -0.717. The van der Waals surface area contributed by atoms with Crippen molar-refractivity contribution < 1.29 is 19.0 Å². The van der Waals surface area contributed by atoms with Gasteiger partial charge in [-0.1, -0.05) is 6.07 Å². The van der Waals surface area contributed by atoms with Crippen LogP contribution in [-0.2, 0) is 4.74 Å². The SMILES string of the molecule is CNc1c(F)cccc1C(=O)N1CCOC(CO)C1. The van der Waals surface area contributed by atoms with Crippen molar-refractivity contribution in [3.05, 3.63) is 29.6 Å². The molecule has 0 aliphatic carbocycles.